The zero-order chi connectivity index (χ0) is 15.2. The molecule has 2 aromatic rings. The highest BCUT2D eigenvalue weighted by atomic mass is 16.5. The molecule has 0 heterocycles. The largest absolute Gasteiger partial charge is 0.380 e. The number of anilines is 1. The standard InChI is InChI=1S/C18H21NO2/c1-13-7-8-15(9-14(13)2)11-18(20)19-17-6-4-5-16(10-17)12-21-3/h4-10H,11-12H2,1-3H3,(H,19,20). The molecule has 0 aliphatic heterocycles. The Labute approximate surface area is 126 Å². The van der Waals surface area contributed by atoms with Crippen LogP contribution in [0.4, 0.5) is 5.69 Å². The quantitative estimate of drug-likeness (QED) is 0.910. The van der Waals surface area contributed by atoms with Crippen LogP contribution in [-0.4, -0.2) is 13.0 Å². The Morgan fingerprint density at radius 3 is 2.57 bits per heavy atom. The normalized spacial score (nSPS) is 10.4. The molecule has 1 N–H and O–H groups in total. The Morgan fingerprint density at radius 2 is 1.86 bits per heavy atom. The maximum Gasteiger partial charge on any atom is 0.228 e. The molecule has 3 nitrogen and oxygen atoms in total. The predicted octanol–water partition coefficient (Wildman–Crippen LogP) is 3.63. The van der Waals surface area contributed by atoms with E-state index in [0.717, 1.165) is 16.8 Å². The lowest BCUT2D eigenvalue weighted by Gasteiger charge is -2.08. The highest BCUT2D eigenvalue weighted by Crippen LogP contribution is 2.14. The van der Waals surface area contributed by atoms with Crippen LogP contribution in [0.25, 0.3) is 0 Å². The van der Waals surface area contributed by atoms with E-state index >= 15 is 0 Å². The number of rotatable bonds is 5. The van der Waals surface area contributed by atoms with Gasteiger partial charge in [0.05, 0.1) is 13.0 Å². The van der Waals surface area contributed by atoms with E-state index < -0.39 is 0 Å². The third kappa shape index (κ3) is 4.43. The molecule has 21 heavy (non-hydrogen) atoms. The number of aryl methyl sites for hydroxylation is 2. The van der Waals surface area contributed by atoms with Crippen LogP contribution >= 0.6 is 0 Å². The van der Waals surface area contributed by atoms with Gasteiger partial charge in [0.2, 0.25) is 5.91 Å². The van der Waals surface area contributed by atoms with Gasteiger partial charge in [-0.3, -0.25) is 4.79 Å². The molecule has 2 aromatic carbocycles. The van der Waals surface area contributed by atoms with Gasteiger partial charge in [-0.2, -0.15) is 0 Å². The van der Waals surface area contributed by atoms with Crippen molar-refractivity contribution in [2.45, 2.75) is 26.9 Å². The van der Waals surface area contributed by atoms with Gasteiger partial charge in [-0.15, -0.1) is 0 Å². The number of benzene rings is 2. The van der Waals surface area contributed by atoms with Gasteiger partial charge in [-0.25, -0.2) is 0 Å². The minimum atomic E-state index is -0.00665. The molecule has 0 saturated heterocycles. The van der Waals surface area contributed by atoms with E-state index in [2.05, 4.69) is 31.3 Å². The minimum Gasteiger partial charge on any atom is -0.380 e. The van der Waals surface area contributed by atoms with Crippen LogP contribution in [0.2, 0.25) is 0 Å². The lowest BCUT2D eigenvalue weighted by atomic mass is 10.0. The van der Waals surface area contributed by atoms with Gasteiger partial charge in [-0.05, 0) is 48.2 Å². The molecule has 1 amide bonds. The van der Waals surface area contributed by atoms with Crippen molar-refractivity contribution in [2.24, 2.45) is 0 Å². The molecule has 0 spiro atoms. The fourth-order valence-electron chi connectivity index (χ4n) is 2.21. The van der Waals surface area contributed by atoms with E-state index in [1.807, 2.05) is 30.3 Å². The van der Waals surface area contributed by atoms with Crippen molar-refractivity contribution in [2.75, 3.05) is 12.4 Å². The van der Waals surface area contributed by atoms with Crippen molar-refractivity contribution in [3.05, 3.63) is 64.7 Å². The highest BCUT2D eigenvalue weighted by molar-refractivity contribution is 5.92. The van der Waals surface area contributed by atoms with Crippen molar-refractivity contribution < 1.29 is 9.53 Å². The Kier molecular flexibility index (Phi) is 5.12. The zero-order valence-corrected chi connectivity index (χ0v) is 12.8. The van der Waals surface area contributed by atoms with Gasteiger partial charge in [0.1, 0.15) is 0 Å². The van der Waals surface area contributed by atoms with Crippen molar-refractivity contribution >= 4 is 11.6 Å². The van der Waals surface area contributed by atoms with E-state index in [4.69, 9.17) is 4.74 Å². The maximum absolute atomic E-state index is 12.1. The summed E-state index contributed by atoms with van der Waals surface area (Å²) in [6.45, 7) is 4.67. The van der Waals surface area contributed by atoms with Gasteiger partial charge in [0.15, 0.2) is 0 Å². The summed E-state index contributed by atoms with van der Waals surface area (Å²) in [6, 6.07) is 13.8. The lowest BCUT2D eigenvalue weighted by molar-refractivity contribution is -0.115. The molecule has 0 saturated carbocycles. The Hall–Kier alpha value is -2.13. The summed E-state index contributed by atoms with van der Waals surface area (Å²) >= 11 is 0. The minimum absolute atomic E-state index is 0.00665. The number of hydrogen-bond donors (Lipinski definition) is 1. The molecule has 0 fully saturated rings. The predicted molar refractivity (Wildman–Crippen MR) is 85.4 cm³/mol. The number of amides is 1. The number of hydrogen-bond acceptors (Lipinski definition) is 2. The monoisotopic (exact) mass is 283 g/mol. The molecule has 2 rings (SSSR count). The molecule has 0 radical (unpaired) electrons. The fourth-order valence-corrected chi connectivity index (χ4v) is 2.21. The van der Waals surface area contributed by atoms with Gasteiger partial charge in [-0.1, -0.05) is 30.3 Å². The smallest absolute Gasteiger partial charge is 0.228 e. The van der Waals surface area contributed by atoms with E-state index in [1.54, 1.807) is 7.11 Å². The topological polar surface area (TPSA) is 38.3 Å². The average molecular weight is 283 g/mol. The van der Waals surface area contributed by atoms with Crippen LogP contribution in [0.15, 0.2) is 42.5 Å². The number of ether oxygens (including phenoxy) is 1. The highest BCUT2D eigenvalue weighted by Gasteiger charge is 2.05. The molecule has 0 atom stereocenters. The Bertz CT molecular complexity index is 635. The van der Waals surface area contributed by atoms with Crippen LogP contribution < -0.4 is 5.32 Å². The van der Waals surface area contributed by atoms with Crippen LogP contribution in [-0.2, 0) is 22.6 Å². The molecule has 0 aliphatic rings. The first-order valence-electron chi connectivity index (χ1n) is 7.02. The number of nitrogens with one attached hydrogen (secondary N) is 1. The molecule has 0 bridgehead atoms. The Morgan fingerprint density at radius 1 is 1.05 bits per heavy atom. The van der Waals surface area contributed by atoms with Gasteiger partial charge < -0.3 is 10.1 Å². The maximum atomic E-state index is 12.1. The first kappa shape index (κ1) is 15.3. The van der Waals surface area contributed by atoms with Crippen LogP contribution in [0.1, 0.15) is 22.3 Å². The van der Waals surface area contributed by atoms with E-state index in [9.17, 15) is 4.79 Å². The first-order valence-corrected chi connectivity index (χ1v) is 7.02. The molecule has 0 aromatic heterocycles. The van der Waals surface area contributed by atoms with E-state index in [1.165, 1.54) is 11.1 Å². The summed E-state index contributed by atoms with van der Waals surface area (Å²) in [4.78, 5) is 12.1. The summed E-state index contributed by atoms with van der Waals surface area (Å²) in [5.74, 6) is -0.00665. The second-order valence-electron chi connectivity index (χ2n) is 5.28. The zero-order valence-electron chi connectivity index (χ0n) is 12.8. The van der Waals surface area contributed by atoms with Gasteiger partial charge in [0.25, 0.3) is 0 Å². The fraction of sp³-hybridized carbons (Fsp3) is 0.278. The third-order valence-electron chi connectivity index (χ3n) is 3.46. The SMILES string of the molecule is COCc1cccc(NC(=O)Cc2ccc(C)c(C)c2)c1. The number of carbonyl (C=O) groups excluding carboxylic acids is 1. The van der Waals surface area contributed by atoms with Crippen molar-refractivity contribution in [3.63, 3.8) is 0 Å². The summed E-state index contributed by atoms with van der Waals surface area (Å²) in [5, 5.41) is 2.93. The van der Waals surface area contributed by atoms with Crippen LogP contribution in [0.5, 0.6) is 0 Å². The first-order chi connectivity index (χ1) is 10.1. The second kappa shape index (κ2) is 7.04. The summed E-state index contributed by atoms with van der Waals surface area (Å²) in [6.07, 6.45) is 0.385. The molecule has 0 unspecified atom stereocenters. The summed E-state index contributed by atoms with van der Waals surface area (Å²) in [5.41, 5.74) is 5.33. The lowest BCUT2D eigenvalue weighted by Crippen LogP contribution is -2.14. The number of methoxy groups -OCH3 is 1. The van der Waals surface area contributed by atoms with Crippen molar-refractivity contribution in [3.8, 4) is 0 Å². The third-order valence-corrected chi connectivity index (χ3v) is 3.46. The van der Waals surface area contributed by atoms with Crippen molar-refractivity contribution in [1.29, 1.82) is 0 Å². The Balaban J connectivity index is 2.01. The van der Waals surface area contributed by atoms with E-state index in [-0.39, 0.29) is 5.91 Å². The molecular formula is C18H21NO2. The van der Waals surface area contributed by atoms with Crippen LogP contribution in [0.3, 0.4) is 0 Å². The summed E-state index contributed by atoms with van der Waals surface area (Å²) < 4.78 is 5.10. The van der Waals surface area contributed by atoms with Gasteiger partial charge in [0, 0.05) is 12.8 Å². The van der Waals surface area contributed by atoms with Gasteiger partial charge >= 0.3 is 0 Å². The van der Waals surface area contributed by atoms with E-state index in [0.29, 0.717) is 13.0 Å². The molecule has 110 valence electrons. The molecule has 3 heteroatoms. The summed E-state index contributed by atoms with van der Waals surface area (Å²) in [7, 11) is 1.66. The van der Waals surface area contributed by atoms with Crippen molar-refractivity contribution in [1.82, 2.24) is 0 Å². The number of carbonyl (C=O) groups is 1. The second-order valence-corrected chi connectivity index (χ2v) is 5.28. The molecular weight excluding hydrogens is 262 g/mol. The van der Waals surface area contributed by atoms with Crippen LogP contribution in [0, 0.1) is 13.8 Å². The average Bonchev–Trinajstić information content (AvgIpc) is 2.43. The molecule has 0 aliphatic carbocycles.